The molecule has 1 amide bonds. The number of amides is 1. The molecule has 0 bridgehead atoms. The fourth-order valence-corrected chi connectivity index (χ4v) is 4.77. The van der Waals surface area contributed by atoms with Crippen LogP contribution in [-0.4, -0.2) is 59.7 Å². The molecule has 1 aliphatic rings. The van der Waals surface area contributed by atoms with Gasteiger partial charge in [0.15, 0.2) is 0 Å². The van der Waals surface area contributed by atoms with Gasteiger partial charge in [-0.25, -0.2) is 13.4 Å². The van der Waals surface area contributed by atoms with E-state index in [1.165, 1.54) is 22.5 Å². The van der Waals surface area contributed by atoms with Crippen LogP contribution >= 0.6 is 11.6 Å². The van der Waals surface area contributed by atoms with Gasteiger partial charge < -0.3 is 4.90 Å². The summed E-state index contributed by atoms with van der Waals surface area (Å²) in [4.78, 5) is 23.1. The standard InChI is InChI=1S/C21H19ClN4O3S/c22-16-5-8-18(9-6-16)30(28,29)26-13-11-25(12-14-26)21(27)10-7-17-15-23-19-3-1-2-4-20(19)24-17/h1-10,15H,11-14H2/b10-7+. The van der Waals surface area contributed by atoms with Crippen LogP contribution in [0.3, 0.4) is 0 Å². The van der Waals surface area contributed by atoms with Crippen LogP contribution in [0.4, 0.5) is 0 Å². The minimum absolute atomic E-state index is 0.187. The molecule has 9 heteroatoms. The summed E-state index contributed by atoms with van der Waals surface area (Å²) in [6.45, 7) is 1.11. The number of benzene rings is 2. The van der Waals surface area contributed by atoms with Crippen LogP contribution in [0.15, 0.2) is 65.7 Å². The normalized spacial score (nSPS) is 15.7. The van der Waals surface area contributed by atoms with E-state index in [2.05, 4.69) is 9.97 Å². The zero-order valence-electron chi connectivity index (χ0n) is 16.0. The highest BCUT2D eigenvalue weighted by molar-refractivity contribution is 7.89. The van der Waals surface area contributed by atoms with Crippen molar-refractivity contribution in [1.82, 2.24) is 19.2 Å². The number of sulfonamides is 1. The van der Waals surface area contributed by atoms with Crippen molar-refractivity contribution < 1.29 is 13.2 Å². The first kappa shape index (κ1) is 20.5. The maximum absolute atomic E-state index is 12.7. The van der Waals surface area contributed by atoms with Gasteiger partial charge in [-0.15, -0.1) is 0 Å². The Hall–Kier alpha value is -2.81. The summed E-state index contributed by atoms with van der Waals surface area (Å²) in [7, 11) is -3.60. The maximum Gasteiger partial charge on any atom is 0.246 e. The maximum atomic E-state index is 12.7. The molecule has 1 aliphatic heterocycles. The molecule has 0 spiro atoms. The predicted molar refractivity (Wildman–Crippen MR) is 115 cm³/mol. The van der Waals surface area contributed by atoms with Gasteiger partial charge in [-0.05, 0) is 42.5 Å². The Bertz CT molecular complexity index is 1200. The van der Waals surface area contributed by atoms with E-state index in [-0.39, 0.29) is 23.9 Å². The van der Waals surface area contributed by atoms with E-state index in [4.69, 9.17) is 11.6 Å². The Balaban J connectivity index is 1.39. The first-order valence-electron chi connectivity index (χ1n) is 9.38. The minimum atomic E-state index is -3.60. The molecule has 0 aliphatic carbocycles. The summed E-state index contributed by atoms with van der Waals surface area (Å²) in [6, 6.07) is 13.6. The van der Waals surface area contributed by atoms with Gasteiger partial charge >= 0.3 is 0 Å². The number of fused-ring (bicyclic) bond motifs is 1. The molecule has 2 aromatic carbocycles. The molecular formula is C21H19ClN4O3S. The van der Waals surface area contributed by atoms with Crippen molar-refractivity contribution in [3.05, 3.63) is 71.5 Å². The molecule has 0 radical (unpaired) electrons. The van der Waals surface area contributed by atoms with Gasteiger partial charge in [-0.2, -0.15) is 4.31 Å². The molecule has 1 fully saturated rings. The molecule has 2 heterocycles. The van der Waals surface area contributed by atoms with Crippen LogP contribution < -0.4 is 0 Å². The molecule has 3 aromatic rings. The number of aromatic nitrogens is 2. The second-order valence-corrected chi connectivity index (χ2v) is 9.17. The summed E-state index contributed by atoms with van der Waals surface area (Å²) >= 11 is 5.84. The van der Waals surface area contributed by atoms with Gasteiger partial charge in [0.25, 0.3) is 0 Å². The van der Waals surface area contributed by atoms with Crippen molar-refractivity contribution in [3.8, 4) is 0 Å². The van der Waals surface area contributed by atoms with E-state index in [0.29, 0.717) is 23.8 Å². The van der Waals surface area contributed by atoms with Gasteiger partial charge in [0.1, 0.15) is 0 Å². The molecule has 0 unspecified atom stereocenters. The number of para-hydroxylation sites is 2. The molecule has 1 aromatic heterocycles. The van der Waals surface area contributed by atoms with Crippen molar-refractivity contribution in [1.29, 1.82) is 0 Å². The number of hydrogen-bond acceptors (Lipinski definition) is 5. The smallest absolute Gasteiger partial charge is 0.246 e. The van der Waals surface area contributed by atoms with Crippen LogP contribution in [0.1, 0.15) is 5.69 Å². The van der Waals surface area contributed by atoms with Gasteiger partial charge in [-0.1, -0.05) is 23.7 Å². The van der Waals surface area contributed by atoms with E-state index in [9.17, 15) is 13.2 Å². The second-order valence-electron chi connectivity index (χ2n) is 6.80. The lowest BCUT2D eigenvalue weighted by Crippen LogP contribution is -2.50. The number of nitrogens with zero attached hydrogens (tertiary/aromatic N) is 4. The molecular weight excluding hydrogens is 424 g/mol. The Labute approximate surface area is 179 Å². The van der Waals surface area contributed by atoms with Gasteiger partial charge in [-0.3, -0.25) is 9.78 Å². The zero-order valence-corrected chi connectivity index (χ0v) is 17.6. The molecule has 1 saturated heterocycles. The highest BCUT2D eigenvalue weighted by atomic mass is 35.5. The topological polar surface area (TPSA) is 83.5 Å². The Morgan fingerprint density at radius 2 is 1.63 bits per heavy atom. The van der Waals surface area contributed by atoms with Crippen LogP contribution in [0.25, 0.3) is 17.1 Å². The van der Waals surface area contributed by atoms with Gasteiger partial charge in [0.2, 0.25) is 15.9 Å². The highest BCUT2D eigenvalue weighted by Gasteiger charge is 2.29. The third-order valence-corrected chi connectivity index (χ3v) is 7.03. The Morgan fingerprint density at radius 3 is 2.33 bits per heavy atom. The summed E-state index contributed by atoms with van der Waals surface area (Å²) in [5.74, 6) is -0.187. The van der Waals surface area contributed by atoms with Crippen LogP contribution in [0, 0.1) is 0 Å². The monoisotopic (exact) mass is 442 g/mol. The van der Waals surface area contributed by atoms with Crippen molar-refractivity contribution in [3.63, 3.8) is 0 Å². The summed E-state index contributed by atoms with van der Waals surface area (Å²) < 4.78 is 26.9. The number of piperazine rings is 1. The Kier molecular flexibility index (Phi) is 5.80. The first-order chi connectivity index (χ1) is 14.4. The molecule has 0 saturated carbocycles. The fraction of sp³-hybridized carbons (Fsp3) is 0.190. The molecule has 30 heavy (non-hydrogen) atoms. The van der Waals surface area contributed by atoms with E-state index in [0.717, 1.165) is 11.0 Å². The molecule has 4 rings (SSSR count). The van der Waals surface area contributed by atoms with Gasteiger partial charge in [0.05, 0.1) is 27.8 Å². The number of carbonyl (C=O) groups is 1. The average molecular weight is 443 g/mol. The summed E-state index contributed by atoms with van der Waals surface area (Å²) in [5.41, 5.74) is 2.14. The van der Waals surface area contributed by atoms with Crippen molar-refractivity contribution in [2.45, 2.75) is 4.90 Å². The highest BCUT2D eigenvalue weighted by Crippen LogP contribution is 2.20. The minimum Gasteiger partial charge on any atom is -0.337 e. The molecule has 0 N–H and O–H groups in total. The van der Waals surface area contributed by atoms with E-state index in [1.807, 2.05) is 24.3 Å². The van der Waals surface area contributed by atoms with Crippen molar-refractivity contribution in [2.24, 2.45) is 0 Å². The lowest BCUT2D eigenvalue weighted by molar-refractivity contribution is -0.127. The predicted octanol–water partition coefficient (Wildman–Crippen LogP) is 2.83. The zero-order chi connectivity index (χ0) is 21.1. The van der Waals surface area contributed by atoms with Crippen LogP contribution in [0.5, 0.6) is 0 Å². The quantitative estimate of drug-likeness (QED) is 0.580. The SMILES string of the molecule is O=C(/C=C/c1cnc2ccccc2n1)N1CCN(S(=O)(=O)c2ccc(Cl)cc2)CC1. The lowest BCUT2D eigenvalue weighted by atomic mass is 10.3. The second kappa shape index (κ2) is 8.51. The van der Waals surface area contributed by atoms with E-state index >= 15 is 0 Å². The first-order valence-corrected chi connectivity index (χ1v) is 11.2. The molecule has 0 atom stereocenters. The van der Waals surface area contributed by atoms with E-state index in [1.54, 1.807) is 29.3 Å². The van der Waals surface area contributed by atoms with Gasteiger partial charge in [0, 0.05) is 37.3 Å². The van der Waals surface area contributed by atoms with E-state index < -0.39 is 10.0 Å². The lowest BCUT2D eigenvalue weighted by Gasteiger charge is -2.33. The molecule has 7 nitrogen and oxygen atoms in total. The van der Waals surface area contributed by atoms with Crippen molar-refractivity contribution >= 4 is 44.6 Å². The summed E-state index contributed by atoms with van der Waals surface area (Å²) in [6.07, 6.45) is 4.68. The molecule has 154 valence electrons. The number of halogens is 1. The average Bonchev–Trinajstić information content (AvgIpc) is 2.77. The summed E-state index contributed by atoms with van der Waals surface area (Å²) in [5, 5.41) is 0.479. The van der Waals surface area contributed by atoms with Crippen LogP contribution in [0.2, 0.25) is 5.02 Å². The third-order valence-electron chi connectivity index (χ3n) is 4.87. The number of hydrogen-bond donors (Lipinski definition) is 0. The largest absolute Gasteiger partial charge is 0.337 e. The van der Waals surface area contributed by atoms with Crippen LogP contribution in [-0.2, 0) is 14.8 Å². The fourth-order valence-electron chi connectivity index (χ4n) is 3.22. The number of carbonyl (C=O) groups excluding carboxylic acids is 1. The third kappa shape index (κ3) is 4.35. The van der Waals surface area contributed by atoms with Crippen molar-refractivity contribution in [2.75, 3.05) is 26.2 Å². The number of rotatable bonds is 4. The Morgan fingerprint density at radius 1 is 0.967 bits per heavy atom.